The molecule has 0 heterocycles. The maximum absolute atomic E-state index is 6.32. The lowest BCUT2D eigenvalue weighted by Gasteiger charge is -2.38. The van der Waals surface area contributed by atoms with Gasteiger partial charge in [-0.1, -0.05) is 35.9 Å². The van der Waals surface area contributed by atoms with Crippen LogP contribution in [0.15, 0.2) is 36.4 Å². The first-order valence-corrected chi connectivity index (χ1v) is 6.04. The molecule has 0 radical (unpaired) electrons. The Morgan fingerprint density at radius 2 is 1.94 bits per heavy atom. The predicted molar refractivity (Wildman–Crippen MR) is 68.7 cm³/mol. The average Bonchev–Trinajstić information content (AvgIpc) is 2.26. The summed E-state index contributed by atoms with van der Waals surface area (Å²) in [6.07, 6.45) is 3.43. The van der Waals surface area contributed by atoms with Crippen LogP contribution in [0.5, 0.6) is 0 Å². The highest BCUT2D eigenvalue weighted by atomic mass is 35.5. The molecule has 0 bridgehead atoms. The van der Waals surface area contributed by atoms with E-state index in [-0.39, 0.29) is 5.54 Å². The van der Waals surface area contributed by atoms with Crippen LogP contribution in [0.1, 0.15) is 24.8 Å². The smallest absolute Gasteiger partial charge is 0.0484 e. The van der Waals surface area contributed by atoms with Gasteiger partial charge in [0.25, 0.3) is 0 Å². The van der Waals surface area contributed by atoms with Crippen molar-refractivity contribution in [3.05, 3.63) is 47.0 Å². The van der Waals surface area contributed by atoms with Gasteiger partial charge in [-0.15, -0.1) is 0 Å². The van der Waals surface area contributed by atoms with E-state index in [1.165, 1.54) is 17.4 Å². The third-order valence-electron chi connectivity index (χ3n) is 3.65. The number of rotatable bonds is 1. The van der Waals surface area contributed by atoms with Crippen LogP contribution in [-0.2, 0) is 5.54 Å². The lowest BCUT2D eigenvalue weighted by atomic mass is 9.72. The van der Waals surface area contributed by atoms with Gasteiger partial charge in [0.2, 0.25) is 0 Å². The summed E-state index contributed by atoms with van der Waals surface area (Å²) in [6.45, 7) is 0. The van der Waals surface area contributed by atoms with E-state index >= 15 is 0 Å². The molecule has 0 saturated heterocycles. The van der Waals surface area contributed by atoms with Crippen molar-refractivity contribution in [2.75, 3.05) is 0 Å². The number of benzene rings is 2. The molecular formula is C14H14ClN. The van der Waals surface area contributed by atoms with Gasteiger partial charge in [0.05, 0.1) is 0 Å². The van der Waals surface area contributed by atoms with Gasteiger partial charge in [0.15, 0.2) is 0 Å². The van der Waals surface area contributed by atoms with Crippen LogP contribution in [0.3, 0.4) is 0 Å². The Kier molecular flexibility index (Phi) is 2.20. The van der Waals surface area contributed by atoms with Crippen LogP contribution < -0.4 is 5.73 Å². The van der Waals surface area contributed by atoms with Crippen LogP contribution in [0.2, 0.25) is 5.02 Å². The number of fused-ring (bicyclic) bond motifs is 1. The highest BCUT2D eigenvalue weighted by Gasteiger charge is 2.34. The van der Waals surface area contributed by atoms with E-state index in [1.807, 2.05) is 12.1 Å². The zero-order valence-corrected chi connectivity index (χ0v) is 9.80. The van der Waals surface area contributed by atoms with Gasteiger partial charge < -0.3 is 5.73 Å². The summed E-state index contributed by atoms with van der Waals surface area (Å²) in [5.74, 6) is 0. The molecule has 0 amide bonds. The summed E-state index contributed by atoms with van der Waals surface area (Å²) in [5.41, 5.74) is 7.48. The van der Waals surface area contributed by atoms with Gasteiger partial charge in [-0.05, 0) is 42.3 Å². The zero-order chi connectivity index (χ0) is 11.2. The fraction of sp³-hybridized carbons (Fsp3) is 0.286. The van der Waals surface area contributed by atoms with Gasteiger partial charge in [-0.25, -0.2) is 0 Å². The van der Waals surface area contributed by atoms with E-state index in [0.29, 0.717) is 0 Å². The molecule has 1 aliphatic carbocycles. The second-order valence-electron chi connectivity index (χ2n) is 4.69. The van der Waals surface area contributed by atoms with Gasteiger partial charge in [0.1, 0.15) is 0 Å². The Morgan fingerprint density at radius 3 is 2.62 bits per heavy atom. The average molecular weight is 232 g/mol. The number of halogens is 1. The van der Waals surface area contributed by atoms with Crippen LogP contribution in [0.4, 0.5) is 0 Å². The summed E-state index contributed by atoms with van der Waals surface area (Å²) in [6, 6.07) is 12.4. The molecule has 2 heteroatoms. The molecule has 0 atom stereocenters. The topological polar surface area (TPSA) is 26.0 Å². The molecule has 0 spiro atoms. The summed E-state index contributed by atoms with van der Waals surface area (Å²) >= 11 is 6.14. The third kappa shape index (κ3) is 1.43. The monoisotopic (exact) mass is 231 g/mol. The van der Waals surface area contributed by atoms with E-state index < -0.39 is 0 Å². The molecule has 1 nitrogen and oxygen atoms in total. The van der Waals surface area contributed by atoms with E-state index in [0.717, 1.165) is 23.3 Å². The lowest BCUT2D eigenvalue weighted by Crippen LogP contribution is -2.43. The fourth-order valence-electron chi connectivity index (χ4n) is 2.40. The molecule has 3 rings (SSSR count). The van der Waals surface area contributed by atoms with Crippen molar-refractivity contribution in [1.29, 1.82) is 0 Å². The van der Waals surface area contributed by atoms with Crippen LogP contribution >= 0.6 is 11.6 Å². The highest BCUT2D eigenvalue weighted by molar-refractivity contribution is 6.35. The first kappa shape index (κ1) is 10.1. The first-order chi connectivity index (χ1) is 7.69. The van der Waals surface area contributed by atoms with Crippen molar-refractivity contribution < 1.29 is 0 Å². The second kappa shape index (κ2) is 3.47. The highest BCUT2D eigenvalue weighted by Crippen LogP contribution is 2.40. The molecule has 1 fully saturated rings. The Hall–Kier alpha value is -1.05. The van der Waals surface area contributed by atoms with Gasteiger partial charge in [-0.3, -0.25) is 0 Å². The molecule has 2 aromatic carbocycles. The Balaban J connectivity index is 2.16. The van der Waals surface area contributed by atoms with E-state index in [1.54, 1.807) is 0 Å². The van der Waals surface area contributed by atoms with Crippen molar-refractivity contribution in [1.82, 2.24) is 0 Å². The standard InChI is InChI=1S/C14H14ClN/c15-13-4-1-3-10-9-11(5-6-12(10)13)14(16)7-2-8-14/h1,3-6,9H,2,7-8,16H2. The lowest BCUT2D eigenvalue weighted by molar-refractivity contribution is 0.254. The third-order valence-corrected chi connectivity index (χ3v) is 3.98. The van der Waals surface area contributed by atoms with Crippen LogP contribution in [-0.4, -0.2) is 0 Å². The fourth-order valence-corrected chi connectivity index (χ4v) is 2.65. The minimum Gasteiger partial charge on any atom is -0.321 e. The van der Waals surface area contributed by atoms with Gasteiger partial charge in [-0.2, -0.15) is 0 Å². The number of hydrogen-bond donors (Lipinski definition) is 1. The molecule has 2 aromatic rings. The maximum atomic E-state index is 6.32. The van der Waals surface area contributed by atoms with Crippen molar-refractivity contribution in [3.8, 4) is 0 Å². The summed E-state index contributed by atoms with van der Waals surface area (Å²) in [4.78, 5) is 0. The number of hydrogen-bond acceptors (Lipinski definition) is 1. The maximum Gasteiger partial charge on any atom is 0.0484 e. The molecule has 0 aromatic heterocycles. The second-order valence-corrected chi connectivity index (χ2v) is 5.09. The summed E-state index contributed by atoms with van der Waals surface area (Å²) in [5, 5.41) is 3.10. The van der Waals surface area contributed by atoms with Gasteiger partial charge >= 0.3 is 0 Å². The normalized spacial score (nSPS) is 18.4. The Bertz CT molecular complexity index is 543. The van der Waals surface area contributed by atoms with E-state index in [9.17, 15) is 0 Å². The predicted octanol–water partition coefficient (Wildman–Crippen LogP) is 3.83. The molecule has 2 N–H and O–H groups in total. The number of nitrogens with two attached hydrogens (primary N) is 1. The Labute approximate surface area is 100 Å². The minimum absolute atomic E-state index is 0.0868. The molecule has 1 saturated carbocycles. The van der Waals surface area contributed by atoms with E-state index in [4.69, 9.17) is 17.3 Å². The quantitative estimate of drug-likeness (QED) is 0.793. The van der Waals surface area contributed by atoms with E-state index in [2.05, 4.69) is 24.3 Å². The zero-order valence-electron chi connectivity index (χ0n) is 9.04. The molecule has 0 unspecified atom stereocenters. The van der Waals surface area contributed by atoms with Crippen LogP contribution in [0.25, 0.3) is 10.8 Å². The largest absolute Gasteiger partial charge is 0.321 e. The van der Waals surface area contributed by atoms with Crippen molar-refractivity contribution >= 4 is 22.4 Å². The summed E-state index contributed by atoms with van der Waals surface area (Å²) < 4.78 is 0. The van der Waals surface area contributed by atoms with Crippen molar-refractivity contribution in [2.24, 2.45) is 5.73 Å². The first-order valence-electron chi connectivity index (χ1n) is 5.67. The molecular weight excluding hydrogens is 218 g/mol. The SMILES string of the molecule is NC1(c2ccc3c(Cl)cccc3c2)CCC1. The van der Waals surface area contributed by atoms with Crippen molar-refractivity contribution in [3.63, 3.8) is 0 Å². The molecule has 16 heavy (non-hydrogen) atoms. The molecule has 1 aliphatic rings. The van der Waals surface area contributed by atoms with Crippen LogP contribution in [0, 0.1) is 0 Å². The molecule has 82 valence electrons. The minimum atomic E-state index is -0.0868. The van der Waals surface area contributed by atoms with Gasteiger partial charge in [0, 0.05) is 15.9 Å². The van der Waals surface area contributed by atoms with Crippen molar-refractivity contribution in [2.45, 2.75) is 24.8 Å². The Morgan fingerprint density at radius 1 is 1.12 bits per heavy atom. The summed E-state index contributed by atoms with van der Waals surface area (Å²) in [7, 11) is 0. The molecule has 0 aliphatic heterocycles.